The SMILES string of the molecule is C=CC=C.c1ccc(N(c2ccc(-n3c4ccccc4c4ccc5c(c6ccccc6n5-c5ccccc5)c43)cc2)c2ccc3ccccc3c2)cc1. The van der Waals surface area contributed by atoms with E-state index in [4.69, 9.17) is 0 Å². The Morgan fingerprint density at radius 1 is 0.377 bits per heavy atom. The summed E-state index contributed by atoms with van der Waals surface area (Å²) in [4.78, 5) is 2.34. The van der Waals surface area contributed by atoms with Crippen LogP contribution in [0.1, 0.15) is 0 Å². The van der Waals surface area contributed by atoms with Crippen LogP contribution in [-0.2, 0) is 0 Å². The molecule has 0 aliphatic rings. The van der Waals surface area contributed by atoms with Gasteiger partial charge in [-0.15, -0.1) is 0 Å². The van der Waals surface area contributed by atoms with Gasteiger partial charge in [-0.3, -0.25) is 0 Å². The molecule has 10 rings (SSSR count). The maximum Gasteiger partial charge on any atom is 0.0641 e. The van der Waals surface area contributed by atoms with Crippen LogP contribution in [0, 0.1) is 0 Å². The molecule has 0 amide bonds. The van der Waals surface area contributed by atoms with Crippen molar-refractivity contribution in [3.05, 3.63) is 213 Å². The Hall–Kier alpha value is -7.10. The predicted octanol–water partition coefficient (Wildman–Crippen LogP) is 13.9. The molecule has 3 heteroatoms. The van der Waals surface area contributed by atoms with E-state index < -0.39 is 0 Å². The summed E-state index contributed by atoms with van der Waals surface area (Å²) in [6.07, 6.45) is 3.28. The topological polar surface area (TPSA) is 13.1 Å². The molecular formula is C50H37N3. The number of anilines is 3. The van der Waals surface area contributed by atoms with Crippen molar-refractivity contribution in [2.75, 3.05) is 4.90 Å². The van der Waals surface area contributed by atoms with Gasteiger partial charge in [0.2, 0.25) is 0 Å². The van der Waals surface area contributed by atoms with Crippen molar-refractivity contribution in [2.45, 2.75) is 0 Å². The van der Waals surface area contributed by atoms with E-state index in [0.29, 0.717) is 0 Å². The zero-order valence-corrected chi connectivity index (χ0v) is 29.3. The molecule has 0 atom stereocenters. The summed E-state index contributed by atoms with van der Waals surface area (Å²) in [6, 6.07) is 67.8. The number of hydrogen-bond acceptors (Lipinski definition) is 1. The van der Waals surface area contributed by atoms with E-state index in [1.807, 2.05) is 0 Å². The largest absolute Gasteiger partial charge is 0.310 e. The Labute approximate surface area is 309 Å². The van der Waals surface area contributed by atoms with E-state index in [-0.39, 0.29) is 0 Å². The van der Waals surface area contributed by atoms with Crippen molar-refractivity contribution < 1.29 is 0 Å². The van der Waals surface area contributed by atoms with Crippen LogP contribution in [0.4, 0.5) is 17.1 Å². The molecule has 0 N–H and O–H groups in total. The van der Waals surface area contributed by atoms with Crippen LogP contribution >= 0.6 is 0 Å². The van der Waals surface area contributed by atoms with Crippen LogP contribution in [0.3, 0.4) is 0 Å². The van der Waals surface area contributed by atoms with Crippen molar-refractivity contribution >= 4 is 71.4 Å². The van der Waals surface area contributed by atoms with Gasteiger partial charge < -0.3 is 14.0 Å². The Bertz CT molecular complexity index is 2910. The molecule has 8 aromatic carbocycles. The van der Waals surface area contributed by atoms with Crippen molar-refractivity contribution in [1.29, 1.82) is 0 Å². The zero-order chi connectivity index (χ0) is 35.7. The van der Waals surface area contributed by atoms with Gasteiger partial charge in [0.1, 0.15) is 0 Å². The normalized spacial score (nSPS) is 11.2. The number of allylic oxidation sites excluding steroid dienone is 2. The highest BCUT2D eigenvalue weighted by molar-refractivity contribution is 6.26. The monoisotopic (exact) mass is 679 g/mol. The predicted molar refractivity (Wildman–Crippen MR) is 228 cm³/mol. The van der Waals surface area contributed by atoms with E-state index >= 15 is 0 Å². The minimum absolute atomic E-state index is 1.11. The molecular weight excluding hydrogens is 643 g/mol. The van der Waals surface area contributed by atoms with Gasteiger partial charge in [0.05, 0.1) is 22.1 Å². The lowest BCUT2D eigenvalue weighted by molar-refractivity contribution is 1.17. The quantitative estimate of drug-likeness (QED) is 0.159. The van der Waals surface area contributed by atoms with Crippen LogP contribution in [0.5, 0.6) is 0 Å². The molecule has 2 heterocycles. The molecule has 0 fully saturated rings. The van der Waals surface area contributed by atoms with E-state index in [0.717, 1.165) is 28.4 Å². The minimum atomic E-state index is 1.11. The highest BCUT2D eigenvalue weighted by Crippen LogP contribution is 2.43. The number of para-hydroxylation sites is 4. The van der Waals surface area contributed by atoms with E-state index in [1.54, 1.807) is 12.2 Å². The van der Waals surface area contributed by atoms with Crippen molar-refractivity contribution in [1.82, 2.24) is 9.13 Å². The van der Waals surface area contributed by atoms with Crippen molar-refractivity contribution in [3.8, 4) is 11.4 Å². The Morgan fingerprint density at radius 2 is 0.925 bits per heavy atom. The molecule has 53 heavy (non-hydrogen) atoms. The standard InChI is InChI=1S/C46H31N3.C4H6/c1-3-15-34(16-4-1)47(38-24-23-32-13-7-8-14-33(32)31-38)36-25-27-37(28-26-36)49-42-21-11-9-19-39(42)40-29-30-44-45(46(40)49)41-20-10-12-22-43(41)48(44)35-17-5-2-6-18-35;1-3-4-2/h1-31H;3-4H,1-2H2. The average Bonchev–Trinajstić information content (AvgIpc) is 3.75. The van der Waals surface area contributed by atoms with Crippen molar-refractivity contribution in [2.24, 2.45) is 0 Å². The number of benzene rings is 8. The smallest absolute Gasteiger partial charge is 0.0641 e. The van der Waals surface area contributed by atoms with Gasteiger partial charge in [-0.1, -0.05) is 135 Å². The molecule has 0 bridgehead atoms. The Kier molecular flexibility index (Phi) is 8.15. The second kappa shape index (κ2) is 13.6. The number of nitrogens with zero attached hydrogens (tertiary/aromatic N) is 3. The third-order valence-corrected chi connectivity index (χ3v) is 10.0. The average molecular weight is 680 g/mol. The van der Waals surface area contributed by atoms with Gasteiger partial charge in [-0.05, 0) is 89.6 Å². The van der Waals surface area contributed by atoms with Crippen LogP contribution in [0.25, 0.3) is 65.8 Å². The summed E-state index contributed by atoms with van der Waals surface area (Å²) in [7, 11) is 0. The zero-order valence-electron chi connectivity index (χ0n) is 29.3. The van der Waals surface area contributed by atoms with Gasteiger partial charge in [0.25, 0.3) is 0 Å². The maximum absolute atomic E-state index is 3.36. The summed E-state index contributed by atoms with van der Waals surface area (Å²) < 4.78 is 4.86. The first kappa shape index (κ1) is 31.9. The fraction of sp³-hybridized carbons (Fsp3) is 0. The summed E-state index contributed by atoms with van der Waals surface area (Å²) in [5.74, 6) is 0. The molecule has 3 nitrogen and oxygen atoms in total. The minimum Gasteiger partial charge on any atom is -0.310 e. The number of hydrogen-bond donors (Lipinski definition) is 0. The number of rotatable bonds is 6. The summed E-state index contributed by atoms with van der Waals surface area (Å²) in [5.41, 5.74) is 10.5. The van der Waals surface area contributed by atoms with Crippen LogP contribution < -0.4 is 4.90 Å². The molecule has 0 aliphatic heterocycles. The number of fused-ring (bicyclic) bond motifs is 8. The van der Waals surface area contributed by atoms with Gasteiger partial charge in [0, 0.05) is 50.0 Å². The fourth-order valence-corrected chi connectivity index (χ4v) is 7.72. The third-order valence-electron chi connectivity index (χ3n) is 10.0. The summed E-state index contributed by atoms with van der Waals surface area (Å²) in [6.45, 7) is 6.72. The maximum atomic E-state index is 3.36. The van der Waals surface area contributed by atoms with Crippen LogP contribution in [0.15, 0.2) is 213 Å². The second-order valence-corrected chi connectivity index (χ2v) is 13.1. The molecule has 0 spiro atoms. The molecule has 0 saturated heterocycles. The number of aromatic nitrogens is 2. The van der Waals surface area contributed by atoms with Crippen LogP contribution in [-0.4, -0.2) is 9.13 Å². The lowest BCUT2D eigenvalue weighted by Gasteiger charge is -2.26. The molecule has 2 aromatic heterocycles. The first-order valence-electron chi connectivity index (χ1n) is 17.9. The van der Waals surface area contributed by atoms with Gasteiger partial charge in [-0.2, -0.15) is 0 Å². The first-order valence-corrected chi connectivity index (χ1v) is 17.9. The first-order chi connectivity index (χ1) is 26.2. The Balaban J connectivity index is 0.000000888. The van der Waals surface area contributed by atoms with E-state index in [2.05, 4.69) is 215 Å². The second-order valence-electron chi connectivity index (χ2n) is 13.1. The molecule has 0 aliphatic carbocycles. The highest BCUT2D eigenvalue weighted by atomic mass is 15.1. The summed E-state index contributed by atoms with van der Waals surface area (Å²) >= 11 is 0. The van der Waals surface area contributed by atoms with Crippen molar-refractivity contribution in [3.63, 3.8) is 0 Å². The molecule has 0 saturated carbocycles. The molecule has 10 aromatic rings. The molecule has 0 unspecified atom stereocenters. The fourth-order valence-electron chi connectivity index (χ4n) is 7.72. The van der Waals surface area contributed by atoms with Gasteiger partial charge >= 0.3 is 0 Å². The van der Waals surface area contributed by atoms with Gasteiger partial charge in [-0.25, -0.2) is 0 Å². The van der Waals surface area contributed by atoms with E-state index in [9.17, 15) is 0 Å². The Morgan fingerprint density at radius 3 is 1.64 bits per heavy atom. The highest BCUT2D eigenvalue weighted by Gasteiger charge is 2.21. The third kappa shape index (κ3) is 5.47. The molecule has 0 radical (unpaired) electrons. The molecule has 252 valence electrons. The lowest BCUT2D eigenvalue weighted by Crippen LogP contribution is -2.10. The van der Waals surface area contributed by atoms with Gasteiger partial charge in [0.15, 0.2) is 0 Å². The van der Waals surface area contributed by atoms with Crippen LogP contribution in [0.2, 0.25) is 0 Å². The van der Waals surface area contributed by atoms with E-state index in [1.165, 1.54) is 54.4 Å². The lowest BCUT2D eigenvalue weighted by atomic mass is 10.1. The summed E-state index contributed by atoms with van der Waals surface area (Å²) in [5, 5.41) is 7.48.